The van der Waals surface area contributed by atoms with Gasteiger partial charge < -0.3 is 14.9 Å². The van der Waals surface area contributed by atoms with E-state index in [0.29, 0.717) is 0 Å². The van der Waals surface area contributed by atoms with Crippen molar-refractivity contribution in [2.45, 2.75) is 44.4 Å². The van der Waals surface area contributed by atoms with E-state index in [4.69, 9.17) is 9.84 Å². The lowest BCUT2D eigenvalue weighted by Gasteiger charge is -2.27. The molecule has 3 N–H and O–H groups in total. The molecule has 1 heterocycles. The SMILES string of the molecule is CC(C)(C)OC(=O)[C@@]1(C(=O)O)C[C@@H](O)CN1. The van der Waals surface area contributed by atoms with Gasteiger partial charge in [-0.25, -0.2) is 9.59 Å². The monoisotopic (exact) mass is 231 g/mol. The largest absolute Gasteiger partial charge is 0.479 e. The van der Waals surface area contributed by atoms with E-state index < -0.39 is 29.2 Å². The van der Waals surface area contributed by atoms with Gasteiger partial charge in [-0.3, -0.25) is 5.32 Å². The van der Waals surface area contributed by atoms with E-state index >= 15 is 0 Å². The van der Waals surface area contributed by atoms with Crippen LogP contribution in [0.3, 0.4) is 0 Å². The third-order valence-corrected chi connectivity index (χ3v) is 2.29. The molecule has 1 fully saturated rings. The first-order valence-electron chi connectivity index (χ1n) is 5.07. The number of aliphatic hydroxyl groups is 1. The lowest BCUT2D eigenvalue weighted by Crippen LogP contribution is -2.56. The van der Waals surface area contributed by atoms with Gasteiger partial charge in [0.25, 0.3) is 0 Å². The lowest BCUT2D eigenvalue weighted by atomic mass is 9.96. The summed E-state index contributed by atoms with van der Waals surface area (Å²) in [7, 11) is 0. The van der Waals surface area contributed by atoms with Crippen molar-refractivity contribution in [2.24, 2.45) is 0 Å². The van der Waals surface area contributed by atoms with Gasteiger partial charge in [0.2, 0.25) is 5.54 Å². The number of carboxylic acid groups (broad SMARTS) is 1. The van der Waals surface area contributed by atoms with Gasteiger partial charge in [0.1, 0.15) is 5.60 Å². The van der Waals surface area contributed by atoms with Crippen molar-refractivity contribution in [3.63, 3.8) is 0 Å². The van der Waals surface area contributed by atoms with E-state index in [1.54, 1.807) is 20.8 Å². The van der Waals surface area contributed by atoms with Gasteiger partial charge >= 0.3 is 11.9 Å². The van der Waals surface area contributed by atoms with Crippen molar-refractivity contribution < 1.29 is 24.5 Å². The molecule has 6 heteroatoms. The molecule has 2 atom stereocenters. The molecule has 0 spiro atoms. The average Bonchev–Trinajstić information content (AvgIpc) is 2.45. The van der Waals surface area contributed by atoms with Crippen LogP contribution in [0.25, 0.3) is 0 Å². The first-order chi connectivity index (χ1) is 7.17. The second kappa shape index (κ2) is 4.03. The first-order valence-corrected chi connectivity index (χ1v) is 5.07. The molecular formula is C10H17NO5. The number of hydrogen-bond donors (Lipinski definition) is 3. The minimum Gasteiger partial charge on any atom is -0.479 e. The average molecular weight is 231 g/mol. The Kier molecular flexibility index (Phi) is 3.25. The van der Waals surface area contributed by atoms with Crippen LogP contribution in [-0.4, -0.2) is 45.9 Å². The van der Waals surface area contributed by atoms with E-state index in [0.717, 1.165) is 0 Å². The number of carbonyl (C=O) groups excluding carboxylic acids is 1. The van der Waals surface area contributed by atoms with Crippen molar-refractivity contribution in [3.05, 3.63) is 0 Å². The summed E-state index contributed by atoms with van der Waals surface area (Å²) < 4.78 is 5.04. The second-order valence-electron chi connectivity index (χ2n) is 4.95. The fourth-order valence-electron chi connectivity index (χ4n) is 1.56. The maximum Gasteiger partial charge on any atom is 0.338 e. The molecule has 0 unspecified atom stereocenters. The third-order valence-electron chi connectivity index (χ3n) is 2.29. The number of carboxylic acids is 1. The third kappa shape index (κ3) is 2.51. The Morgan fingerprint density at radius 2 is 2.00 bits per heavy atom. The van der Waals surface area contributed by atoms with E-state index in [1.165, 1.54) is 0 Å². The van der Waals surface area contributed by atoms with Crippen LogP contribution in [0.4, 0.5) is 0 Å². The molecule has 0 aromatic rings. The molecule has 16 heavy (non-hydrogen) atoms. The molecule has 1 aliphatic heterocycles. The zero-order valence-electron chi connectivity index (χ0n) is 9.61. The number of hydrogen-bond acceptors (Lipinski definition) is 5. The molecule has 1 saturated heterocycles. The lowest BCUT2D eigenvalue weighted by molar-refractivity contribution is -0.170. The minimum atomic E-state index is -1.81. The fourth-order valence-corrected chi connectivity index (χ4v) is 1.56. The van der Waals surface area contributed by atoms with Crippen LogP contribution in [0.2, 0.25) is 0 Å². The van der Waals surface area contributed by atoms with Crippen molar-refractivity contribution in [1.82, 2.24) is 5.32 Å². The highest BCUT2D eigenvalue weighted by molar-refractivity contribution is 6.04. The number of esters is 1. The number of β-amino-alcohol motifs (C(OH)–C–C–N with tert-alkyl or cyclic N) is 1. The zero-order valence-corrected chi connectivity index (χ0v) is 9.61. The number of aliphatic hydroxyl groups excluding tert-OH is 1. The van der Waals surface area contributed by atoms with E-state index in [2.05, 4.69) is 5.32 Å². The maximum atomic E-state index is 11.8. The van der Waals surface area contributed by atoms with Gasteiger partial charge in [-0.05, 0) is 20.8 Å². The topological polar surface area (TPSA) is 95.9 Å². The summed E-state index contributed by atoms with van der Waals surface area (Å²) in [6.07, 6.45) is -1.01. The summed E-state index contributed by atoms with van der Waals surface area (Å²) in [6.45, 7) is 5.05. The number of ether oxygens (including phenoxy) is 1. The Bertz CT molecular complexity index is 309. The van der Waals surface area contributed by atoms with Gasteiger partial charge in [-0.15, -0.1) is 0 Å². The molecule has 0 aliphatic carbocycles. The number of nitrogens with one attached hydrogen (secondary N) is 1. The van der Waals surface area contributed by atoms with Crippen LogP contribution >= 0.6 is 0 Å². The maximum absolute atomic E-state index is 11.8. The predicted molar refractivity (Wildman–Crippen MR) is 54.8 cm³/mol. The normalized spacial score (nSPS) is 30.1. The van der Waals surface area contributed by atoms with Gasteiger partial charge in [0.05, 0.1) is 6.10 Å². The Morgan fingerprint density at radius 3 is 2.31 bits per heavy atom. The Hall–Kier alpha value is -1.14. The smallest absolute Gasteiger partial charge is 0.338 e. The van der Waals surface area contributed by atoms with Crippen molar-refractivity contribution in [1.29, 1.82) is 0 Å². The fraction of sp³-hybridized carbons (Fsp3) is 0.800. The van der Waals surface area contributed by atoms with Crippen LogP contribution in [0.15, 0.2) is 0 Å². The highest BCUT2D eigenvalue weighted by atomic mass is 16.6. The Morgan fingerprint density at radius 1 is 1.44 bits per heavy atom. The molecular weight excluding hydrogens is 214 g/mol. The molecule has 0 aromatic carbocycles. The number of aliphatic carboxylic acids is 1. The van der Waals surface area contributed by atoms with Crippen LogP contribution in [0.1, 0.15) is 27.2 Å². The van der Waals surface area contributed by atoms with E-state index in [1.807, 2.05) is 0 Å². The summed E-state index contributed by atoms with van der Waals surface area (Å²) in [6, 6.07) is 0. The molecule has 0 aromatic heterocycles. The molecule has 1 rings (SSSR count). The molecule has 0 bridgehead atoms. The van der Waals surface area contributed by atoms with Gasteiger partial charge in [0, 0.05) is 13.0 Å². The van der Waals surface area contributed by atoms with Gasteiger partial charge in [-0.2, -0.15) is 0 Å². The number of carbonyl (C=O) groups is 2. The molecule has 0 saturated carbocycles. The number of rotatable bonds is 2. The summed E-state index contributed by atoms with van der Waals surface area (Å²) in [5.41, 5.74) is -2.57. The molecule has 0 radical (unpaired) electrons. The second-order valence-corrected chi connectivity index (χ2v) is 4.95. The van der Waals surface area contributed by atoms with Gasteiger partial charge in [-0.1, -0.05) is 0 Å². The zero-order chi connectivity index (χ0) is 12.6. The highest BCUT2D eigenvalue weighted by Gasteiger charge is 2.53. The molecule has 6 nitrogen and oxygen atoms in total. The molecule has 92 valence electrons. The predicted octanol–water partition coefficient (Wildman–Crippen LogP) is -0.494. The van der Waals surface area contributed by atoms with Crippen molar-refractivity contribution in [2.75, 3.05) is 6.54 Å². The van der Waals surface area contributed by atoms with E-state index in [-0.39, 0.29) is 13.0 Å². The Labute approximate surface area is 93.6 Å². The van der Waals surface area contributed by atoms with Crippen LogP contribution in [0.5, 0.6) is 0 Å². The standard InChI is InChI=1S/C10H17NO5/c1-9(2,3)16-8(15)10(7(13)14)4-6(12)5-11-10/h6,11-12H,4-5H2,1-3H3,(H,13,14)/t6-,10+/m1/s1. The summed E-state index contributed by atoms with van der Waals surface area (Å²) >= 11 is 0. The summed E-state index contributed by atoms with van der Waals surface area (Å²) in [5.74, 6) is -2.18. The van der Waals surface area contributed by atoms with Crippen LogP contribution < -0.4 is 5.32 Å². The summed E-state index contributed by atoms with van der Waals surface area (Å²) in [4.78, 5) is 22.9. The highest BCUT2D eigenvalue weighted by Crippen LogP contribution is 2.24. The molecule has 0 amide bonds. The summed E-state index contributed by atoms with van der Waals surface area (Å²) in [5, 5.41) is 20.9. The van der Waals surface area contributed by atoms with E-state index in [9.17, 15) is 14.7 Å². The van der Waals surface area contributed by atoms with Gasteiger partial charge in [0.15, 0.2) is 0 Å². The Balaban J connectivity index is 2.88. The first kappa shape index (κ1) is 12.9. The van der Waals surface area contributed by atoms with Crippen LogP contribution in [0, 0.1) is 0 Å². The molecule has 1 aliphatic rings. The van der Waals surface area contributed by atoms with Crippen molar-refractivity contribution in [3.8, 4) is 0 Å². The minimum absolute atomic E-state index is 0.0749. The van der Waals surface area contributed by atoms with Crippen molar-refractivity contribution >= 4 is 11.9 Å². The quantitative estimate of drug-likeness (QED) is 0.438. The van der Waals surface area contributed by atoms with Crippen LogP contribution in [-0.2, 0) is 14.3 Å².